The predicted octanol–water partition coefficient (Wildman–Crippen LogP) is 5.49. The Morgan fingerprint density at radius 2 is 2.04 bits per heavy atom. The second kappa shape index (κ2) is 6.84. The Morgan fingerprint density at radius 3 is 2.81 bits per heavy atom. The highest BCUT2D eigenvalue weighted by Crippen LogP contribution is 2.31. The number of hydrogen-bond acceptors (Lipinski definition) is 5. The molecule has 4 rings (SSSR count). The van der Waals surface area contributed by atoms with E-state index in [1.807, 2.05) is 30.3 Å². The molecule has 0 N–H and O–H groups in total. The Morgan fingerprint density at radius 1 is 1.19 bits per heavy atom. The first-order valence-corrected chi connectivity index (χ1v) is 8.71. The van der Waals surface area contributed by atoms with Crippen LogP contribution in [0.2, 0.25) is 0 Å². The van der Waals surface area contributed by atoms with Crippen LogP contribution in [-0.2, 0) is 6.42 Å². The number of halogens is 2. The van der Waals surface area contributed by atoms with Crippen molar-refractivity contribution in [1.82, 2.24) is 9.97 Å². The van der Waals surface area contributed by atoms with E-state index < -0.39 is 6.43 Å². The van der Waals surface area contributed by atoms with Crippen molar-refractivity contribution in [2.24, 2.45) is 0 Å². The summed E-state index contributed by atoms with van der Waals surface area (Å²) in [4.78, 5) is 10.6. The number of ether oxygens (including phenoxy) is 1. The molecule has 7 heteroatoms. The van der Waals surface area contributed by atoms with Crippen molar-refractivity contribution in [3.63, 3.8) is 0 Å². The third-order valence-corrected chi connectivity index (χ3v) is 4.99. The maximum Gasteiger partial charge on any atom is 0.295 e. The van der Waals surface area contributed by atoms with Gasteiger partial charge in [0.25, 0.3) is 6.43 Å². The lowest BCUT2D eigenvalue weighted by Gasteiger charge is -2.06. The molecule has 0 atom stereocenters. The number of methoxy groups -OCH3 is 1. The highest BCUT2D eigenvalue weighted by Gasteiger charge is 2.16. The van der Waals surface area contributed by atoms with Gasteiger partial charge in [0.2, 0.25) is 0 Å². The topological polar surface area (TPSA) is 48.2 Å². The number of benzene rings is 1. The van der Waals surface area contributed by atoms with E-state index in [4.69, 9.17) is 9.15 Å². The van der Waals surface area contributed by atoms with Crippen LogP contribution in [0, 0.1) is 0 Å². The number of hydrogen-bond donors (Lipinski definition) is 0. The van der Waals surface area contributed by atoms with Crippen molar-refractivity contribution < 1.29 is 17.9 Å². The smallest absolute Gasteiger partial charge is 0.295 e. The molecule has 0 unspecified atom stereocenters. The molecule has 3 aromatic heterocycles. The monoisotopic (exact) mass is 372 g/mol. The summed E-state index contributed by atoms with van der Waals surface area (Å²) in [5.74, 6) is 0.996. The van der Waals surface area contributed by atoms with Gasteiger partial charge in [0.05, 0.1) is 7.11 Å². The van der Waals surface area contributed by atoms with Crippen LogP contribution in [0.25, 0.3) is 21.8 Å². The van der Waals surface area contributed by atoms with Crippen LogP contribution in [0.15, 0.2) is 53.1 Å². The molecular formula is C19H14F2N2O2S. The number of rotatable bonds is 5. The fourth-order valence-electron chi connectivity index (χ4n) is 2.72. The number of thiophene rings is 1. The van der Waals surface area contributed by atoms with Gasteiger partial charge in [-0.2, -0.15) is 0 Å². The van der Waals surface area contributed by atoms with Gasteiger partial charge < -0.3 is 9.15 Å². The maximum atomic E-state index is 12.7. The van der Waals surface area contributed by atoms with E-state index in [-0.39, 0.29) is 11.5 Å². The Labute approximate surface area is 152 Å². The molecule has 0 bridgehead atoms. The van der Waals surface area contributed by atoms with Gasteiger partial charge in [-0.1, -0.05) is 18.2 Å². The second-order valence-electron chi connectivity index (χ2n) is 5.66. The highest BCUT2D eigenvalue weighted by molar-refractivity contribution is 7.18. The number of nitrogens with zero attached hydrogens (tertiary/aromatic N) is 2. The van der Waals surface area contributed by atoms with Gasteiger partial charge in [-0.3, -0.25) is 0 Å². The van der Waals surface area contributed by atoms with Crippen LogP contribution >= 0.6 is 11.3 Å². The first-order chi connectivity index (χ1) is 12.6. The Bertz CT molecular complexity index is 1060. The van der Waals surface area contributed by atoms with E-state index in [1.54, 1.807) is 13.3 Å². The van der Waals surface area contributed by atoms with Crippen LogP contribution in [0.5, 0.6) is 5.75 Å². The summed E-state index contributed by atoms with van der Waals surface area (Å²) in [7, 11) is 1.65. The van der Waals surface area contributed by atoms with Crippen molar-refractivity contribution in [3.05, 3.63) is 64.9 Å². The van der Waals surface area contributed by atoms with Gasteiger partial charge in [-0.15, -0.1) is 11.3 Å². The van der Waals surface area contributed by atoms with Crippen LogP contribution in [-0.4, -0.2) is 17.1 Å². The van der Waals surface area contributed by atoms with Crippen LogP contribution in [0.1, 0.15) is 22.6 Å². The Kier molecular flexibility index (Phi) is 4.38. The minimum Gasteiger partial charge on any atom is -0.496 e. The zero-order valence-corrected chi connectivity index (χ0v) is 14.6. The lowest BCUT2D eigenvalue weighted by atomic mass is 10.1. The minimum absolute atomic E-state index is 0.238. The van der Waals surface area contributed by atoms with Gasteiger partial charge >= 0.3 is 0 Å². The predicted molar refractivity (Wildman–Crippen MR) is 95.9 cm³/mol. The Balaban J connectivity index is 1.65. The Hall–Kier alpha value is -2.80. The molecule has 0 aliphatic rings. The number of alkyl halides is 2. The molecule has 3 heterocycles. The summed E-state index contributed by atoms with van der Waals surface area (Å²) in [6, 6.07) is 12.6. The normalized spacial score (nSPS) is 11.4. The summed E-state index contributed by atoms with van der Waals surface area (Å²) in [5.41, 5.74) is 1.09. The number of para-hydroxylation sites is 1. The molecule has 4 nitrogen and oxygen atoms in total. The number of furan rings is 1. The molecule has 0 aliphatic heterocycles. The maximum absolute atomic E-state index is 12.7. The molecule has 0 amide bonds. The molecule has 0 saturated heterocycles. The SMILES string of the molecule is COc1ccccc1Cc1cc2cnc(-c3ccc(C(F)F)o3)nc2s1. The summed E-state index contributed by atoms with van der Waals surface area (Å²) in [6.45, 7) is 0. The molecule has 0 radical (unpaired) electrons. The summed E-state index contributed by atoms with van der Waals surface area (Å²) < 4.78 is 35.9. The fraction of sp³-hybridized carbons (Fsp3) is 0.158. The van der Waals surface area contributed by atoms with Crippen molar-refractivity contribution in [1.29, 1.82) is 0 Å². The van der Waals surface area contributed by atoms with Gasteiger partial charge in [0.1, 0.15) is 10.6 Å². The van der Waals surface area contributed by atoms with Gasteiger partial charge in [-0.25, -0.2) is 18.7 Å². The standard InChI is InChI=1S/C19H14F2N2O2S/c1-24-14-5-3-2-4-11(14)8-13-9-12-10-22-18(23-19(12)26-13)16-7-6-15(25-16)17(20)21/h2-7,9-10,17H,8H2,1H3. The van der Waals surface area contributed by atoms with Crippen LogP contribution in [0.4, 0.5) is 8.78 Å². The zero-order chi connectivity index (χ0) is 18.1. The first kappa shape index (κ1) is 16.7. The van der Waals surface area contributed by atoms with E-state index in [0.717, 1.165) is 32.8 Å². The van der Waals surface area contributed by atoms with E-state index in [0.29, 0.717) is 5.82 Å². The minimum atomic E-state index is -2.65. The molecule has 0 fully saturated rings. The number of fused-ring (bicyclic) bond motifs is 1. The average Bonchev–Trinajstić information content (AvgIpc) is 3.28. The van der Waals surface area contributed by atoms with E-state index in [1.165, 1.54) is 23.5 Å². The number of aromatic nitrogens is 2. The molecule has 4 aromatic rings. The molecule has 0 aliphatic carbocycles. The van der Waals surface area contributed by atoms with Crippen molar-refractivity contribution in [3.8, 4) is 17.3 Å². The van der Waals surface area contributed by atoms with E-state index in [2.05, 4.69) is 9.97 Å². The quantitative estimate of drug-likeness (QED) is 0.465. The fourth-order valence-corrected chi connectivity index (χ4v) is 3.74. The summed E-state index contributed by atoms with van der Waals surface area (Å²) >= 11 is 1.54. The van der Waals surface area contributed by atoms with Crippen LogP contribution < -0.4 is 4.74 Å². The van der Waals surface area contributed by atoms with E-state index >= 15 is 0 Å². The van der Waals surface area contributed by atoms with Crippen LogP contribution in [0.3, 0.4) is 0 Å². The summed E-state index contributed by atoms with van der Waals surface area (Å²) in [6.07, 6.45) is -0.247. The lowest BCUT2D eigenvalue weighted by molar-refractivity contribution is 0.122. The van der Waals surface area contributed by atoms with Gasteiger partial charge in [0, 0.05) is 22.9 Å². The van der Waals surface area contributed by atoms with Crippen molar-refractivity contribution in [2.45, 2.75) is 12.8 Å². The lowest BCUT2D eigenvalue weighted by Crippen LogP contribution is -1.91. The molecule has 0 spiro atoms. The third kappa shape index (κ3) is 3.17. The summed E-state index contributed by atoms with van der Waals surface area (Å²) in [5, 5.41) is 0.907. The average molecular weight is 372 g/mol. The molecule has 132 valence electrons. The molecule has 1 aromatic carbocycles. The van der Waals surface area contributed by atoms with E-state index in [9.17, 15) is 8.78 Å². The van der Waals surface area contributed by atoms with Gasteiger partial charge in [0.15, 0.2) is 17.3 Å². The second-order valence-corrected chi connectivity index (χ2v) is 6.77. The third-order valence-electron chi connectivity index (χ3n) is 3.94. The zero-order valence-electron chi connectivity index (χ0n) is 13.8. The molecule has 0 saturated carbocycles. The molecule has 26 heavy (non-hydrogen) atoms. The largest absolute Gasteiger partial charge is 0.496 e. The van der Waals surface area contributed by atoms with Gasteiger partial charge in [-0.05, 0) is 29.8 Å². The molecular weight excluding hydrogens is 358 g/mol. The van der Waals surface area contributed by atoms with Crippen molar-refractivity contribution in [2.75, 3.05) is 7.11 Å². The highest BCUT2D eigenvalue weighted by atomic mass is 32.1. The first-order valence-electron chi connectivity index (χ1n) is 7.89. The van der Waals surface area contributed by atoms with Crippen molar-refractivity contribution >= 4 is 21.6 Å².